The summed E-state index contributed by atoms with van der Waals surface area (Å²) in [6, 6.07) is 7.51. The lowest BCUT2D eigenvalue weighted by Gasteiger charge is -2.15. The van der Waals surface area contributed by atoms with Crippen molar-refractivity contribution in [1.82, 2.24) is 0 Å². The number of benzene rings is 1. The van der Waals surface area contributed by atoms with Crippen LogP contribution in [0.5, 0.6) is 0 Å². The molecule has 0 N–H and O–H groups in total. The molecule has 0 saturated heterocycles. The summed E-state index contributed by atoms with van der Waals surface area (Å²) < 4.78 is 0. The lowest BCUT2D eigenvalue weighted by molar-refractivity contribution is -0.224. The number of hydrogen-bond donors (Lipinski definition) is 0. The molecule has 3 nitrogen and oxygen atoms in total. The number of aryl methyl sites for hydroxylation is 1. The third-order valence-electron chi connectivity index (χ3n) is 2.78. The van der Waals surface area contributed by atoms with Gasteiger partial charge in [-0.3, -0.25) is 4.89 Å². The number of unbranched alkanes of at least 4 members (excludes halogenated alkanes) is 2. The molecule has 0 heterocycles. The van der Waals surface area contributed by atoms with E-state index in [1.807, 2.05) is 32.9 Å². The van der Waals surface area contributed by atoms with Crippen molar-refractivity contribution in [1.29, 1.82) is 0 Å². The van der Waals surface area contributed by atoms with E-state index in [9.17, 15) is 4.79 Å². The van der Waals surface area contributed by atoms with Crippen LogP contribution >= 0.6 is 0 Å². The minimum Gasteiger partial charge on any atom is -0.292 e. The molecule has 0 saturated carbocycles. The van der Waals surface area contributed by atoms with Crippen LogP contribution in [-0.2, 0) is 16.2 Å². The van der Waals surface area contributed by atoms with Crippen molar-refractivity contribution in [2.45, 2.75) is 53.4 Å². The molecule has 0 aliphatic carbocycles. The third-order valence-corrected chi connectivity index (χ3v) is 2.78. The minimum atomic E-state index is -0.467. The van der Waals surface area contributed by atoms with E-state index in [1.54, 1.807) is 12.1 Å². The second-order valence-electron chi connectivity index (χ2n) is 6.10. The second-order valence-corrected chi connectivity index (χ2v) is 6.10. The van der Waals surface area contributed by atoms with Crippen LogP contribution in [-0.4, -0.2) is 5.97 Å². The van der Waals surface area contributed by atoms with E-state index in [4.69, 9.17) is 9.78 Å². The number of carbonyl (C=O) groups excluding carboxylic acids is 1. The van der Waals surface area contributed by atoms with E-state index in [0.717, 1.165) is 6.42 Å². The van der Waals surface area contributed by atoms with Gasteiger partial charge in [0, 0.05) is 0 Å². The molecule has 0 atom stereocenters. The van der Waals surface area contributed by atoms with Crippen LogP contribution in [0, 0.1) is 12.0 Å². The van der Waals surface area contributed by atoms with Gasteiger partial charge < -0.3 is 0 Å². The molecule has 111 valence electrons. The lowest BCUT2D eigenvalue weighted by atomic mass is 9.99. The van der Waals surface area contributed by atoms with Gasteiger partial charge in [0.15, 0.2) is 0 Å². The predicted molar refractivity (Wildman–Crippen MR) is 79.9 cm³/mol. The first-order valence-electron chi connectivity index (χ1n) is 7.23. The molecule has 0 bridgehead atoms. The largest absolute Gasteiger partial charge is 0.373 e. The van der Waals surface area contributed by atoms with Crippen LogP contribution in [0.1, 0.15) is 62.9 Å². The molecule has 1 aromatic carbocycles. The third kappa shape index (κ3) is 6.71. The summed E-state index contributed by atoms with van der Waals surface area (Å²) in [4.78, 5) is 21.3. The Kier molecular flexibility index (Phi) is 6.73. The van der Waals surface area contributed by atoms with Gasteiger partial charge in [-0.25, -0.2) is 4.79 Å². The van der Waals surface area contributed by atoms with Gasteiger partial charge in [-0.2, -0.15) is 4.89 Å². The van der Waals surface area contributed by atoms with Crippen molar-refractivity contribution in [3.63, 3.8) is 0 Å². The van der Waals surface area contributed by atoms with Crippen molar-refractivity contribution in [2.24, 2.45) is 5.41 Å². The first-order chi connectivity index (χ1) is 9.42. The Morgan fingerprint density at radius 3 is 2.35 bits per heavy atom. The second kappa shape index (κ2) is 8.05. The maximum atomic E-state index is 11.7. The fourth-order valence-corrected chi connectivity index (χ4v) is 1.65. The molecule has 3 heteroatoms. The van der Waals surface area contributed by atoms with E-state index in [0.29, 0.717) is 5.56 Å². The van der Waals surface area contributed by atoms with Crippen LogP contribution < -0.4 is 0 Å². The number of hydrogen-bond acceptors (Lipinski definition) is 3. The summed E-state index contributed by atoms with van der Waals surface area (Å²) in [6.45, 7) is 9.58. The zero-order chi connectivity index (χ0) is 15.0. The van der Waals surface area contributed by atoms with Crippen molar-refractivity contribution < 1.29 is 14.6 Å². The standard InChI is InChI=1S/C17H25O3/c1-5-6-7-8-14-9-11-15(12-10-14)16(18)20-19-13-17(2,3)4/h9-13H,5-8H2,1-4H3. The molecule has 0 fully saturated rings. The van der Waals surface area contributed by atoms with Crippen molar-refractivity contribution in [2.75, 3.05) is 0 Å². The Hall–Kier alpha value is -1.35. The highest BCUT2D eigenvalue weighted by Gasteiger charge is 2.14. The van der Waals surface area contributed by atoms with Crippen molar-refractivity contribution in [3.8, 4) is 0 Å². The van der Waals surface area contributed by atoms with Crippen LogP contribution in [0.15, 0.2) is 24.3 Å². The van der Waals surface area contributed by atoms with E-state index in [-0.39, 0.29) is 5.41 Å². The van der Waals surface area contributed by atoms with Crippen LogP contribution in [0.2, 0.25) is 0 Å². The van der Waals surface area contributed by atoms with E-state index in [2.05, 4.69) is 6.92 Å². The van der Waals surface area contributed by atoms with Gasteiger partial charge in [0.2, 0.25) is 0 Å². The maximum absolute atomic E-state index is 11.7. The minimum absolute atomic E-state index is 0.149. The summed E-state index contributed by atoms with van der Waals surface area (Å²) in [7, 11) is 0. The van der Waals surface area contributed by atoms with E-state index in [1.165, 1.54) is 31.4 Å². The Morgan fingerprint density at radius 1 is 1.15 bits per heavy atom. The fraction of sp³-hybridized carbons (Fsp3) is 0.529. The topological polar surface area (TPSA) is 35.5 Å². The zero-order valence-electron chi connectivity index (χ0n) is 12.9. The summed E-state index contributed by atoms with van der Waals surface area (Å²) >= 11 is 0. The molecule has 0 aliphatic heterocycles. The first kappa shape index (κ1) is 16.7. The quantitative estimate of drug-likeness (QED) is 0.411. The predicted octanol–water partition coefficient (Wildman–Crippen LogP) is 4.72. The lowest BCUT2D eigenvalue weighted by Crippen LogP contribution is -2.12. The van der Waals surface area contributed by atoms with E-state index < -0.39 is 5.97 Å². The van der Waals surface area contributed by atoms with E-state index >= 15 is 0 Å². The van der Waals surface area contributed by atoms with Gasteiger partial charge in [-0.1, -0.05) is 52.7 Å². The van der Waals surface area contributed by atoms with Gasteiger partial charge >= 0.3 is 5.97 Å². The molecule has 20 heavy (non-hydrogen) atoms. The summed E-state index contributed by atoms with van der Waals surface area (Å²) in [5.74, 6) is -0.467. The molecule has 0 aliphatic rings. The van der Waals surface area contributed by atoms with Gasteiger partial charge in [-0.15, -0.1) is 0 Å². The monoisotopic (exact) mass is 277 g/mol. The van der Waals surface area contributed by atoms with Crippen molar-refractivity contribution >= 4 is 5.97 Å². The Balaban J connectivity index is 2.41. The van der Waals surface area contributed by atoms with Crippen molar-refractivity contribution in [3.05, 3.63) is 42.0 Å². The molecule has 1 radical (unpaired) electrons. The smallest absolute Gasteiger partial charge is 0.292 e. The molecule has 1 aromatic rings. The SMILES string of the molecule is CCCCCc1ccc(C(=O)OO[CH]C(C)(C)C)cc1. The Bertz CT molecular complexity index is 401. The Morgan fingerprint density at radius 2 is 1.80 bits per heavy atom. The highest BCUT2D eigenvalue weighted by molar-refractivity contribution is 5.88. The van der Waals surface area contributed by atoms with Gasteiger partial charge in [0.05, 0.1) is 5.56 Å². The normalized spacial score (nSPS) is 11.4. The summed E-state index contributed by atoms with van der Waals surface area (Å²) in [5, 5.41) is 0. The summed E-state index contributed by atoms with van der Waals surface area (Å²) in [5.41, 5.74) is 1.60. The molecule has 0 amide bonds. The average Bonchev–Trinajstić information content (AvgIpc) is 2.38. The summed E-state index contributed by atoms with van der Waals surface area (Å²) in [6.07, 6.45) is 4.69. The average molecular weight is 277 g/mol. The zero-order valence-corrected chi connectivity index (χ0v) is 12.9. The molecular weight excluding hydrogens is 252 g/mol. The molecule has 1 rings (SSSR count). The molecular formula is C17H25O3. The van der Waals surface area contributed by atoms with Crippen LogP contribution in [0.25, 0.3) is 0 Å². The Labute approximate surface area is 122 Å². The maximum Gasteiger partial charge on any atom is 0.373 e. The van der Waals surface area contributed by atoms with Gasteiger partial charge in [0.1, 0.15) is 6.61 Å². The number of carbonyl (C=O) groups is 1. The number of rotatable bonds is 7. The fourth-order valence-electron chi connectivity index (χ4n) is 1.65. The van der Waals surface area contributed by atoms with Gasteiger partial charge in [0.25, 0.3) is 0 Å². The highest BCUT2D eigenvalue weighted by Crippen LogP contribution is 2.18. The molecule has 0 spiro atoms. The molecule has 0 unspecified atom stereocenters. The van der Waals surface area contributed by atoms with Crippen LogP contribution in [0.3, 0.4) is 0 Å². The van der Waals surface area contributed by atoms with Crippen LogP contribution in [0.4, 0.5) is 0 Å². The first-order valence-corrected chi connectivity index (χ1v) is 7.23. The molecule has 0 aromatic heterocycles. The highest BCUT2D eigenvalue weighted by atomic mass is 17.2. The van der Waals surface area contributed by atoms with Gasteiger partial charge in [-0.05, 0) is 36.0 Å².